The highest BCUT2D eigenvalue weighted by molar-refractivity contribution is 7.13. The molecule has 0 unspecified atom stereocenters. The standard InChI is InChI=1S/C22H30N4O2S/c27-20(23-17-7-3-1-2-4-8-17)11-12-21(28)25-13-15-26(16-14-25)22-18-9-5-6-10-19(18)29-24-22/h5-6,9-10,17H,1-4,7-8,11-16H2,(H,23,27). The third kappa shape index (κ3) is 5.07. The number of amides is 2. The minimum absolute atomic E-state index is 0.0258. The third-order valence-corrected chi connectivity index (χ3v) is 6.89. The fourth-order valence-corrected chi connectivity index (χ4v) is 5.17. The highest BCUT2D eigenvalue weighted by Crippen LogP contribution is 2.29. The molecule has 2 aromatic rings. The summed E-state index contributed by atoms with van der Waals surface area (Å²) in [5.74, 6) is 1.14. The maximum Gasteiger partial charge on any atom is 0.223 e. The molecule has 1 aromatic heterocycles. The lowest BCUT2D eigenvalue weighted by Gasteiger charge is -2.35. The van der Waals surface area contributed by atoms with Crippen molar-refractivity contribution in [1.82, 2.24) is 14.6 Å². The summed E-state index contributed by atoms with van der Waals surface area (Å²) in [5, 5.41) is 4.32. The smallest absolute Gasteiger partial charge is 0.223 e. The quantitative estimate of drug-likeness (QED) is 0.760. The van der Waals surface area contributed by atoms with Crippen molar-refractivity contribution in [2.45, 2.75) is 57.4 Å². The molecule has 2 heterocycles. The van der Waals surface area contributed by atoms with Crippen molar-refractivity contribution in [3.05, 3.63) is 24.3 Å². The molecule has 0 spiro atoms. The van der Waals surface area contributed by atoms with E-state index in [0.717, 1.165) is 31.7 Å². The molecule has 7 heteroatoms. The van der Waals surface area contributed by atoms with Crippen molar-refractivity contribution < 1.29 is 9.59 Å². The first-order valence-corrected chi connectivity index (χ1v) is 11.6. The predicted molar refractivity (Wildman–Crippen MR) is 117 cm³/mol. The maximum atomic E-state index is 12.6. The molecule has 1 aliphatic carbocycles. The Hall–Kier alpha value is -2.15. The van der Waals surface area contributed by atoms with Crippen LogP contribution in [0.1, 0.15) is 51.4 Å². The highest BCUT2D eigenvalue weighted by Gasteiger charge is 2.24. The van der Waals surface area contributed by atoms with Crippen LogP contribution in [0.3, 0.4) is 0 Å². The molecule has 6 nitrogen and oxygen atoms in total. The Morgan fingerprint density at radius 2 is 1.72 bits per heavy atom. The number of anilines is 1. The minimum Gasteiger partial charge on any atom is -0.353 e. The van der Waals surface area contributed by atoms with Gasteiger partial charge >= 0.3 is 0 Å². The molecule has 0 radical (unpaired) electrons. The fraction of sp³-hybridized carbons (Fsp3) is 0.591. The lowest BCUT2D eigenvalue weighted by Crippen LogP contribution is -2.49. The summed E-state index contributed by atoms with van der Waals surface area (Å²) in [5.41, 5.74) is 0. The van der Waals surface area contributed by atoms with Gasteiger partial charge in [0.25, 0.3) is 0 Å². The largest absolute Gasteiger partial charge is 0.353 e. The number of nitrogens with zero attached hydrogens (tertiary/aromatic N) is 3. The molecule has 156 valence electrons. The number of piperazine rings is 1. The lowest BCUT2D eigenvalue weighted by molar-refractivity contribution is -0.134. The van der Waals surface area contributed by atoms with E-state index in [0.29, 0.717) is 32.0 Å². The summed E-state index contributed by atoms with van der Waals surface area (Å²) < 4.78 is 5.82. The van der Waals surface area contributed by atoms with E-state index in [9.17, 15) is 9.59 Å². The van der Waals surface area contributed by atoms with Crippen molar-refractivity contribution in [3.8, 4) is 0 Å². The van der Waals surface area contributed by atoms with E-state index in [1.165, 1.54) is 47.3 Å². The van der Waals surface area contributed by atoms with Crippen molar-refractivity contribution in [2.24, 2.45) is 0 Å². The zero-order valence-corrected chi connectivity index (χ0v) is 17.8. The van der Waals surface area contributed by atoms with Crippen LogP contribution in [-0.2, 0) is 9.59 Å². The molecule has 1 saturated carbocycles. The lowest BCUT2D eigenvalue weighted by atomic mass is 10.1. The number of benzene rings is 1. The van der Waals surface area contributed by atoms with E-state index in [4.69, 9.17) is 0 Å². The van der Waals surface area contributed by atoms with E-state index in [-0.39, 0.29) is 11.8 Å². The van der Waals surface area contributed by atoms with E-state index in [1.807, 2.05) is 17.0 Å². The normalized spacial score (nSPS) is 18.6. The van der Waals surface area contributed by atoms with E-state index < -0.39 is 0 Å². The second-order valence-corrected chi connectivity index (χ2v) is 8.93. The Morgan fingerprint density at radius 1 is 1.00 bits per heavy atom. The number of rotatable bonds is 5. The van der Waals surface area contributed by atoms with Crippen molar-refractivity contribution in [3.63, 3.8) is 0 Å². The SMILES string of the molecule is O=C(CCC(=O)N1CCN(c2nsc3ccccc23)CC1)NC1CCCCCC1. The van der Waals surface area contributed by atoms with Gasteiger partial charge in [0.05, 0.1) is 4.70 Å². The molecule has 2 amide bonds. The Morgan fingerprint density at radius 3 is 2.48 bits per heavy atom. The first-order chi connectivity index (χ1) is 14.2. The van der Waals surface area contributed by atoms with Gasteiger partial charge in [0.15, 0.2) is 0 Å². The van der Waals surface area contributed by atoms with Crippen LogP contribution in [0.25, 0.3) is 10.1 Å². The molecular formula is C22H30N4O2S. The molecule has 1 saturated heterocycles. The van der Waals surface area contributed by atoms with Crippen LogP contribution < -0.4 is 10.2 Å². The number of carbonyl (C=O) groups excluding carboxylic acids is 2. The zero-order chi connectivity index (χ0) is 20.1. The number of carbonyl (C=O) groups is 2. The summed E-state index contributed by atoms with van der Waals surface area (Å²) in [4.78, 5) is 29.0. The summed E-state index contributed by atoms with van der Waals surface area (Å²) in [7, 11) is 0. The summed E-state index contributed by atoms with van der Waals surface area (Å²) >= 11 is 1.52. The maximum absolute atomic E-state index is 12.6. The summed E-state index contributed by atoms with van der Waals surface area (Å²) in [6.45, 7) is 2.95. The number of nitrogens with one attached hydrogen (secondary N) is 1. The molecule has 1 N–H and O–H groups in total. The monoisotopic (exact) mass is 414 g/mol. The van der Waals surface area contributed by atoms with Gasteiger partial charge in [-0.1, -0.05) is 37.8 Å². The van der Waals surface area contributed by atoms with Gasteiger partial charge < -0.3 is 15.1 Å². The molecule has 0 atom stereocenters. The third-order valence-electron chi connectivity index (χ3n) is 6.08. The number of aromatic nitrogens is 1. The number of hydrogen-bond acceptors (Lipinski definition) is 5. The molecule has 4 rings (SSSR count). The van der Waals surface area contributed by atoms with Crippen LogP contribution in [-0.4, -0.2) is 53.3 Å². The van der Waals surface area contributed by atoms with Gasteiger partial charge in [-0.25, -0.2) is 0 Å². The van der Waals surface area contributed by atoms with Crippen molar-refractivity contribution >= 4 is 39.3 Å². The second kappa shape index (κ2) is 9.57. The van der Waals surface area contributed by atoms with Crippen LogP contribution in [0.2, 0.25) is 0 Å². The van der Waals surface area contributed by atoms with Gasteiger partial charge in [0, 0.05) is 50.4 Å². The van der Waals surface area contributed by atoms with E-state index in [1.54, 1.807) is 0 Å². The van der Waals surface area contributed by atoms with Crippen molar-refractivity contribution in [1.29, 1.82) is 0 Å². The summed E-state index contributed by atoms with van der Waals surface area (Å²) in [6.07, 6.45) is 7.69. The van der Waals surface area contributed by atoms with E-state index >= 15 is 0 Å². The van der Waals surface area contributed by atoms with Gasteiger partial charge in [-0.3, -0.25) is 9.59 Å². The first-order valence-electron chi connectivity index (χ1n) is 10.9. The molecule has 2 fully saturated rings. The molecular weight excluding hydrogens is 384 g/mol. The molecule has 29 heavy (non-hydrogen) atoms. The zero-order valence-electron chi connectivity index (χ0n) is 16.9. The molecule has 1 aromatic carbocycles. The number of hydrogen-bond donors (Lipinski definition) is 1. The van der Waals surface area contributed by atoms with Gasteiger partial charge in [-0.15, -0.1) is 0 Å². The van der Waals surface area contributed by atoms with Gasteiger partial charge in [-0.05, 0) is 36.5 Å². The van der Waals surface area contributed by atoms with Gasteiger partial charge in [-0.2, -0.15) is 4.37 Å². The Bertz CT molecular complexity index is 836. The van der Waals surface area contributed by atoms with Crippen LogP contribution in [0.5, 0.6) is 0 Å². The van der Waals surface area contributed by atoms with Crippen LogP contribution in [0.15, 0.2) is 24.3 Å². The molecule has 0 bridgehead atoms. The van der Waals surface area contributed by atoms with Crippen molar-refractivity contribution in [2.75, 3.05) is 31.1 Å². The summed E-state index contributed by atoms with van der Waals surface area (Å²) in [6, 6.07) is 8.58. The topological polar surface area (TPSA) is 65.5 Å². The Labute approximate surface area is 176 Å². The minimum atomic E-state index is 0.0258. The van der Waals surface area contributed by atoms with Gasteiger partial charge in [0.2, 0.25) is 11.8 Å². The Balaban J connectivity index is 1.22. The highest BCUT2D eigenvalue weighted by atomic mass is 32.1. The Kier molecular flexibility index (Phi) is 6.64. The average Bonchev–Trinajstić information content (AvgIpc) is 3.02. The van der Waals surface area contributed by atoms with Crippen LogP contribution in [0, 0.1) is 0 Å². The first kappa shape index (κ1) is 20.1. The molecule has 1 aliphatic heterocycles. The van der Waals surface area contributed by atoms with Gasteiger partial charge in [0.1, 0.15) is 5.82 Å². The van der Waals surface area contributed by atoms with Crippen LogP contribution >= 0.6 is 11.5 Å². The number of fused-ring (bicyclic) bond motifs is 1. The van der Waals surface area contributed by atoms with Crippen LogP contribution in [0.4, 0.5) is 5.82 Å². The van der Waals surface area contributed by atoms with E-state index in [2.05, 4.69) is 26.7 Å². The predicted octanol–water partition coefficient (Wildman–Crippen LogP) is 3.56. The second-order valence-electron chi connectivity index (χ2n) is 8.13. The molecule has 2 aliphatic rings. The average molecular weight is 415 g/mol. The fourth-order valence-electron chi connectivity index (χ4n) is 4.37.